The summed E-state index contributed by atoms with van der Waals surface area (Å²) in [7, 11) is -10.2. The lowest BCUT2D eigenvalue weighted by molar-refractivity contribution is -0.117. The highest BCUT2D eigenvalue weighted by Gasteiger charge is 2.31. The van der Waals surface area contributed by atoms with Crippen molar-refractivity contribution in [3.8, 4) is 0 Å². The highest BCUT2D eigenvalue weighted by atomic mass is 32.3. The third-order valence-electron chi connectivity index (χ3n) is 11.1. The number of unbranched alkanes of at least 4 members (excludes halogenated alkanes) is 28. The molecule has 1 rings (SSSR count). The first kappa shape index (κ1) is 57.8. The van der Waals surface area contributed by atoms with Crippen molar-refractivity contribution >= 4 is 32.7 Å². The monoisotopic (exact) mass is 923 g/mol. The van der Waals surface area contributed by atoms with Gasteiger partial charge < -0.3 is 19.7 Å². The summed E-state index contributed by atoms with van der Waals surface area (Å²) in [5.41, 5.74) is -0.382. The molecule has 62 heavy (non-hydrogen) atoms. The van der Waals surface area contributed by atoms with Crippen LogP contribution in [-0.4, -0.2) is 72.9 Å². The summed E-state index contributed by atoms with van der Waals surface area (Å²) in [5.74, 6) is -2.28. The molecule has 0 spiro atoms. The van der Waals surface area contributed by atoms with Gasteiger partial charge in [0, 0.05) is 0 Å². The number of carbonyl (C=O) groups is 2. The van der Waals surface area contributed by atoms with Crippen molar-refractivity contribution in [1.29, 1.82) is 0 Å². The lowest BCUT2D eigenvalue weighted by Crippen LogP contribution is -2.36. The highest BCUT2D eigenvalue weighted by molar-refractivity contribution is 7.81. The molecule has 1 aromatic rings. The Hall–Kier alpha value is -2.18. The number of hydrogen-bond acceptors (Lipinski definition) is 12. The van der Waals surface area contributed by atoms with Gasteiger partial charge in [0.2, 0.25) is 12.6 Å². The molecule has 0 aliphatic rings. The van der Waals surface area contributed by atoms with Crippen LogP contribution in [0.1, 0.15) is 240 Å². The Labute approximate surface area is 374 Å². The van der Waals surface area contributed by atoms with E-state index in [4.69, 9.17) is 9.47 Å². The minimum Gasteiger partial charge on any atom is -0.428 e. The Bertz CT molecular complexity index is 1380. The molecule has 0 saturated carbocycles. The molecule has 4 unspecified atom stereocenters. The Morgan fingerprint density at radius 1 is 0.419 bits per heavy atom. The van der Waals surface area contributed by atoms with E-state index in [1.54, 1.807) is 0 Å². The summed E-state index contributed by atoms with van der Waals surface area (Å²) in [5, 5.41) is 21.3. The average molecular weight is 923 g/mol. The summed E-state index contributed by atoms with van der Waals surface area (Å²) in [6.07, 6.45) is 27.1. The van der Waals surface area contributed by atoms with Crippen LogP contribution in [0.2, 0.25) is 0 Å². The van der Waals surface area contributed by atoms with Gasteiger partial charge in [0.05, 0.1) is 11.1 Å². The Balaban J connectivity index is 2.50. The number of aliphatic hydroxyl groups excluding tert-OH is 2. The molecule has 0 aliphatic heterocycles. The van der Waals surface area contributed by atoms with Crippen molar-refractivity contribution in [3.63, 3.8) is 0 Å². The first-order valence-electron chi connectivity index (χ1n) is 23.9. The van der Waals surface area contributed by atoms with E-state index in [2.05, 4.69) is 22.2 Å². The van der Waals surface area contributed by atoms with Gasteiger partial charge in [-0.15, -0.1) is 0 Å². The normalized spacial score (nSPS) is 14.0. The van der Waals surface area contributed by atoms with E-state index in [1.807, 2.05) is 0 Å². The lowest BCUT2D eigenvalue weighted by atomic mass is 10.0. The smallest absolute Gasteiger partial charge is 0.400 e. The van der Waals surface area contributed by atoms with E-state index in [0.717, 1.165) is 75.6 Å². The van der Waals surface area contributed by atoms with Gasteiger partial charge in [0.25, 0.3) is 0 Å². The van der Waals surface area contributed by atoms with Gasteiger partial charge in [-0.1, -0.05) is 206 Å². The van der Waals surface area contributed by atoms with Crippen LogP contribution in [0.3, 0.4) is 0 Å². The summed E-state index contributed by atoms with van der Waals surface area (Å²) < 4.78 is 83.7. The molecule has 14 nitrogen and oxygen atoms in total. The number of rotatable bonds is 42. The number of esters is 2. The number of carbonyl (C=O) groups excluding carboxylic acids is 2. The molecule has 0 aliphatic carbocycles. The lowest BCUT2D eigenvalue weighted by Gasteiger charge is -2.22. The van der Waals surface area contributed by atoms with E-state index in [0.29, 0.717) is 12.8 Å². The number of hydrogen-bond donors (Lipinski definition) is 4. The fraction of sp³-hybridized carbons (Fsp3) is 0.826. The van der Waals surface area contributed by atoms with Gasteiger partial charge in [-0.2, -0.15) is 16.8 Å². The fourth-order valence-corrected chi connectivity index (χ4v) is 8.19. The van der Waals surface area contributed by atoms with E-state index in [9.17, 15) is 45.7 Å². The standard InChI is InChI=1S/C46H82O14S2/c1-3-5-7-9-11-13-15-17-19-21-23-25-27-29-31-33-41(47)45(59-61(51,52)53)57-43(49)39-35-37-40(38-36-39)44(50)58-46(60-62(54,55)56)42(48)34-32-30-28-26-24-22-20-18-16-14-12-10-8-6-4-2/h35-38,41-42,45-48H,3-34H2,1-2H3,(H,51,52,53)(H,54,55,56). The van der Waals surface area contributed by atoms with Crippen molar-refractivity contribution in [2.75, 3.05) is 0 Å². The first-order chi connectivity index (χ1) is 29.7. The van der Waals surface area contributed by atoms with Crippen molar-refractivity contribution in [2.24, 2.45) is 0 Å². The van der Waals surface area contributed by atoms with Crippen LogP contribution in [-0.2, 0) is 38.6 Å². The minimum absolute atomic E-state index is 0.0363. The number of benzene rings is 1. The molecular formula is C46H82O14S2. The maximum Gasteiger partial charge on any atom is 0.400 e. The van der Waals surface area contributed by atoms with Crippen LogP contribution < -0.4 is 0 Å². The minimum atomic E-state index is -5.12. The molecule has 0 saturated heterocycles. The van der Waals surface area contributed by atoms with Gasteiger partial charge >= 0.3 is 32.7 Å². The molecule has 0 amide bonds. The van der Waals surface area contributed by atoms with E-state index in [1.165, 1.54) is 128 Å². The van der Waals surface area contributed by atoms with Crippen LogP contribution in [0, 0.1) is 0 Å². The van der Waals surface area contributed by atoms with Gasteiger partial charge in [0.15, 0.2) is 0 Å². The SMILES string of the molecule is CCCCCCCCCCCCCCCCCC(O)C(OC(=O)c1ccc(C(=O)OC(OS(=O)(=O)O)C(O)CCCCCCCCCCCCCCCCC)cc1)OS(=O)(=O)O. The topological polar surface area (TPSA) is 220 Å². The second-order valence-electron chi connectivity index (χ2n) is 16.8. The molecule has 0 bridgehead atoms. The molecule has 0 aromatic heterocycles. The maximum atomic E-state index is 12.9. The molecule has 4 atom stereocenters. The van der Waals surface area contributed by atoms with Crippen LogP contribution >= 0.6 is 0 Å². The van der Waals surface area contributed by atoms with Crippen molar-refractivity contribution in [2.45, 2.75) is 244 Å². The second-order valence-corrected chi connectivity index (χ2v) is 18.9. The van der Waals surface area contributed by atoms with Gasteiger partial charge in [-0.05, 0) is 37.1 Å². The van der Waals surface area contributed by atoms with Crippen LogP contribution in [0.25, 0.3) is 0 Å². The van der Waals surface area contributed by atoms with Crippen molar-refractivity contribution in [3.05, 3.63) is 35.4 Å². The Morgan fingerprint density at radius 3 is 0.839 bits per heavy atom. The van der Waals surface area contributed by atoms with E-state index < -0.39 is 57.5 Å². The molecule has 0 heterocycles. The molecule has 0 fully saturated rings. The third-order valence-corrected chi connectivity index (χ3v) is 11.9. The van der Waals surface area contributed by atoms with Gasteiger partial charge in [-0.25, -0.2) is 18.0 Å². The van der Waals surface area contributed by atoms with E-state index in [-0.39, 0.29) is 24.0 Å². The van der Waals surface area contributed by atoms with Crippen LogP contribution in [0.15, 0.2) is 24.3 Å². The molecule has 0 radical (unpaired) electrons. The first-order valence-corrected chi connectivity index (χ1v) is 26.6. The summed E-state index contributed by atoms with van der Waals surface area (Å²) in [6.45, 7) is 4.45. The van der Waals surface area contributed by atoms with Gasteiger partial charge in [-0.3, -0.25) is 9.11 Å². The summed E-state index contributed by atoms with van der Waals surface area (Å²) >= 11 is 0. The van der Waals surface area contributed by atoms with Crippen LogP contribution in [0.4, 0.5) is 0 Å². The molecule has 362 valence electrons. The quantitative estimate of drug-likeness (QED) is 0.0207. The highest BCUT2D eigenvalue weighted by Crippen LogP contribution is 2.21. The predicted molar refractivity (Wildman–Crippen MR) is 241 cm³/mol. The Kier molecular flexibility index (Phi) is 33.7. The number of aliphatic hydroxyl groups is 2. The zero-order valence-corrected chi connectivity index (χ0v) is 39.6. The van der Waals surface area contributed by atoms with E-state index >= 15 is 0 Å². The molecule has 16 heteroatoms. The maximum absolute atomic E-state index is 12.9. The molecule has 1 aromatic carbocycles. The second kappa shape index (κ2) is 36.1. The zero-order valence-electron chi connectivity index (χ0n) is 37.9. The number of ether oxygens (including phenoxy) is 2. The Morgan fingerprint density at radius 2 is 0.629 bits per heavy atom. The molecular weight excluding hydrogens is 841 g/mol. The summed E-state index contributed by atoms with van der Waals surface area (Å²) in [4.78, 5) is 25.8. The fourth-order valence-electron chi connectivity index (χ4n) is 7.38. The zero-order chi connectivity index (χ0) is 45.9. The summed E-state index contributed by atoms with van der Waals surface area (Å²) in [6, 6.07) is 4.48. The third kappa shape index (κ3) is 32.5. The van der Waals surface area contributed by atoms with Gasteiger partial charge in [0.1, 0.15) is 12.2 Å². The van der Waals surface area contributed by atoms with Crippen molar-refractivity contribution < 1.29 is 63.6 Å². The average Bonchev–Trinajstić information content (AvgIpc) is 3.22. The largest absolute Gasteiger partial charge is 0.428 e. The predicted octanol–water partition coefficient (Wildman–Crippen LogP) is 11.5. The molecule has 4 N–H and O–H groups in total. The van der Waals surface area contributed by atoms with Crippen LogP contribution in [0.5, 0.6) is 0 Å². The van der Waals surface area contributed by atoms with Crippen molar-refractivity contribution in [1.82, 2.24) is 0 Å².